The van der Waals surface area contributed by atoms with Crippen LogP contribution in [0.1, 0.15) is 52.9 Å². The van der Waals surface area contributed by atoms with E-state index in [0.29, 0.717) is 17.9 Å². The standard InChI is InChI=1S/C22H25NO4/c1-16-8-6-12-20(17(16)2)22(25)27-15-21(24)23(14-19-11-7-13-26-19)18-9-4-3-5-10-18/h6-9,11-13H,3-5,10,14-15H2,1-2H3. The summed E-state index contributed by atoms with van der Waals surface area (Å²) in [6.07, 6.45) is 7.67. The number of hydrogen-bond donors (Lipinski definition) is 0. The number of carbonyl (C=O) groups excluding carboxylic acids is 2. The number of amides is 1. The summed E-state index contributed by atoms with van der Waals surface area (Å²) >= 11 is 0. The Labute approximate surface area is 159 Å². The van der Waals surface area contributed by atoms with Crippen molar-refractivity contribution in [1.82, 2.24) is 4.90 Å². The molecular formula is C22H25NO4. The minimum atomic E-state index is -0.472. The summed E-state index contributed by atoms with van der Waals surface area (Å²) in [7, 11) is 0. The number of esters is 1. The molecule has 1 amide bonds. The van der Waals surface area contributed by atoms with Gasteiger partial charge in [0, 0.05) is 5.70 Å². The number of allylic oxidation sites excluding steroid dienone is 2. The van der Waals surface area contributed by atoms with E-state index < -0.39 is 5.97 Å². The maximum Gasteiger partial charge on any atom is 0.338 e. The van der Waals surface area contributed by atoms with Crippen molar-refractivity contribution < 1.29 is 18.7 Å². The van der Waals surface area contributed by atoms with E-state index >= 15 is 0 Å². The van der Waals surface area contributed by atoms with Crippen LogP contribution >= 0.6 is 0 Å². The summed E-state index contributed by atoms with van der Waals surface area (Å²) in [4.78, 5) is 26.9. The summed E-state index contributed by atoms with van der Waals surface area (Å²) in [5.41, 5.74) is 3.36. The minimum Gasteiger partial charge on any atom is -0.467 e. The third-order valence-corrected chi connectivity index (χ3v) is 4.96. The number of carbonyl (C=O) groups is 2. The maximum atomic E-state index is 12.8. The van der Waals surface area contributed by atoms with Gasteiger partial charge in [-0.25, -0.2) is 4.79 Å². The molecular weight excluding hydrogens is 342 g/mol. The number of rotatable bonds is 6. The lowest BCUT2D eigenvalue weighted by molar-refractivity contribution is -0.133. The van der Waals surface area contributed by atoms with Gasteiger partial charge in [0.25, 0.3) is 5.91 Å². The van der Waals surface area contributed by atoms with E-state index in [-0.39, 0.29) is 12.5 Å². The fourth-order valence-electron chi connectivity index (χ4n) is 3.23. The van der Waals surface area contributed by atoms with Crippen molar-refractivity contribution in [2.24, 2.45) is 0 Å². The number of nitrogens with zero attached hydrogens (tertiary/aromatic N) is 1. The molecule has 2 aromatic rings. The molecule has 0 radical (unpaired) electrons. The fraction of sp³-hybridized carbons (Fsp3) is 0.364. The average Bonchev–Trinajstić information content (AvgIpc) is 3.20. The average molecular weight is 367 g/mol. The molecule has 27 heavy (non-hydrogen) atoms. The Morgan fingerprint density at radius 3 is 2.70 bits per heavy atom. The smallest absolute Gasteiger partial charge is 0.338 e. The zero-order valence-electron chi connectivity index (χ0n) is 15.9. The number of aryl methyl sites for hydroxylation is 1. The summed E-state index contributed by atoms with van der Waals surface area (Å²) in [5.74, 6) is -0.00555. The molecule has 1 heterocycles. The van der Waals surface area contributed by atoms with E-state index in [9.17, 15) is 9.59 Å². The van der Waals surface area contributed by atoms with Crippen molar-refractivity contribution in [3.8, 4) is 0 Å². The Morgan fingerprint density at radius 2 is 2.00 bits per heavy atom. The van der Waals surface area contributed by atoms with Crippen LogP contribution in [0.3, 0.4) is 0 Å². The highest BCUT2D eigenvalue weighted by molar-refractivity contribution is 5.93. The van der Waals surface area contributed by atoms with Crippen molar-refractivity contribution in [3.05, 3.63) is 70.8 Å². The molecule has 0 saturated heterocycles. The van der Waals surface area contributed by atoms with E-state index in [4.69, 9.17) is 9.15 Å². The molecule has 0 atom stereocenters. The van der Waals surface area contributed by atoms with Crippen LogP contribution in [-0.4, -0.2) is 23.4 Å². The fourth-order valence-corrected chi connectivity index (χ4v) is 3.23. The Balaban J connectivity index is 1.69. The molecule has 1 aliphatic carbocycles. The zero-order valence-corrected chi connectivity index (χ0v) is 15.9. The van der Waals surface area contributed by atoms with Gasteiger partial charge in [-0.1, -0.05) is 18.2 Å². The first-order valence-electron chi connectivity index (χ1n) is 9.31. The van der Waals surface area contributed by atoms with Gasteiger partial charge in [0.2, 0.25) is 0 Å². The molecule has 142 valence electrons. The Kier molecular flexibility index (Phi) is 6.12. The van der Waals surface area contributed by atoms with Gasteiger partial charge in [-0.15, -0.1) is 0 Å². The van der Waals surface area contributed by atoms with Gasteiger partial charge in [0.15, 0.2) is 6.61 Å². The first-order valence-corrected chi connectivity index (χ1v) is 9.31. The molecule has 5 heteroatoms. The van der Waals surface area contributed by atoms with E-state index in [1.165, 1.54) is 0 Å². The van der Waals surface area contributed by atoms with Gasteiger partial charge in [-0.2, -0.15) is 0 Å². The molecule has 0 fully saturated rings. The predicted octanol–water partition coefficient (Wildman–Crippen LogP) is 4.54. The summed E-state index contributed by atoms with van der Waals surface area (Å²) in [6.45, 7) is 3.88. The molecule has 1 aromatic heterocycles. The normalized spacial score (nSPS) is 13.8. The maximum absolute atomic E-state index is 12.8. The van der Waals surface area contributed by atoms with Crippen LogP contribution in [0.25, 0.3) is 0 Å². The number of benzene rings is 1. The third-order valence-electron chi connectivity index (χ3n) is 4.96. The van der Waals surface area contributed by atoms with E-state index in [0.717, 1.165) is 42.5 Å². The highest BCUT2D eigenvalue weighted by Crippen LogP contribution is 2.23. The Morgan fingerprint density at radius 1 is 1.15 bits per heavy atom. The third kappa shape index (κ3) is 4.67. The summed E-state index contributed by atoms with van der Waals surface area (Å²) in [5, 5.41) is 0. The lowest BCUT2D eigenvalue weighted by atomic mass is 10.0. The van der Waals surface area contributed by atoms with Crippen molar-refractivity contribution in [2.75, 3.05) is 6.61 Å². The minimum absolute atomic E-state index is 0.238. The Bertz CT molecular complexity index is 836. The van der Waals surface area contributed by atoms with E-state index in [2.05, 4.69) is 6.08 Å². The second-order valence-electron chi connectivity index (χ2n) is 6.82. The molecule has 0 aliphatic heterocycles. The molecule has 0 saturated carbocycles. The molecule has 3 rings (SSSR count). The quantitative estimate of drug-likeness (QED) is 0.703. The second kappa shape index (κ2) is 8.71. The largest absolute Gasteiger partial charge is 0.467 e. The van der Waals surface area contributed by atoms with Gasteiger partial charge in [0.05, 0.1) is 18.4 Å². The van der Waals surface area contributed by atoms with Crippen LogP contribution < -0.4 is 0 Å². The summed E-state index contributed by atoms with van der Waals surface area (Å²) < 4.78 is 10.7. The molecule has 5 nitrogen and oxygen atoms in total. The van der Waals surface area contributed by atoms with Crippen LogP contribution in [0.5, 0.6) is 0 Å². The number of hydrogen-bond acceptors (Lipinski definition) is 4. The SMILES string of the molecule is Cc1cccc(C(=O)OCC(=O)N(Cc2ccco2)C2=CCCCC2)c1C. The zero-order chi connectivity index (χ0) is 19.2. The van der Waals surface area contributed by atoms with Gasteiger partial charge in [0.1, 0.15) is 5.76 Å². The lowest BCUT2D eigenvalue weighted by Crippen LogP contribution is -2.34. The molecule has 0 spiro atoms. The molecule has 0 bridgehead atoms. The number of furan rings is 1. The van der Waals surface area contributed by atoms with Crippen LogP contribution in [0, 0.1) is 13.8 Å². The molecule has 1 aliphatic rings. The van der Waals surface area contributed by atoms with Crippen molar-refractivity contribution >= 4 is 11.9 Å². The van der Waals surface area contributed by atoms with Gasteiger partial charge >= 0.3 is 5.97 Å². The lowest BCUT2D eigenvalue weighted by Gasteiger charge is -2.27. The van der Waals surface area contributed by atoms with Crippen molar-refractivity contribution in [1.29, 1.82) is 0 Å². The topological polar surface area (TPSA) is 59.8 Å². The van der Waals surface area contributed by atoms with Gasteiger partial charge in [-0.3, -0.25) is 4.79 Å². The van der Waals surface area contributed by atoms with E-state index in [1.54, 1.807) is 23.3 Å². The van der Waals surface area contributed by atoms with Crippen LogP contribution in [0.15, 0.2) is 52.8 Å². The summed E-state index contributed by atoms with van der Waals surface area (Å²) in [6, 6.07) is 9.12. The molecule has 0 unspecified atom stereocenters. The monoisotopic (exact) mass is 367 g/mol. The molecule has 0 N–H and O–H groups in total. The van der Waals surface area contributed by atoms with Crippen LogP contribution in [-0.2, 0) is 16.1 Å². The van der Waals surface area contributed by atoms with Crippen molar-refractivity contribution in [3.63, 3.8) is 0 Å². The highest BCUT2D eigenvalue weighted by Gasteiger charge is 2.23. The Hall–Kier alpha value is -2.82. The molecule has 1 aromatic carbocycles. The van der Waals surface area contributed by atoms with Crippen LogP contribution in [0.2, 0.25) is 0 Å². The predicted molar refractivity (Wildman–Crippen MR) is 102 cm³/mol. The van der Waals surface area contributed by atoms with Crippen LogP contribution in [0.4, 0.5) is 0 Å². The van der Waals surface area contributed by atoms with Gasteiger partial charge < -0.3 is 14.1 Å². The number of ether oxygens (including phenoxy) is 1. The van der Waals surface area contributed by atoms with Crippen molar-refractivity contribution in [2.45, 2.75) is 46.1 Å². The van der Waals surface area contributed by atoms with Gasteiger partial charge in [-0.05, 0) is 68.9 Å². The highest BCUT2D eigenvalue weighted by atomic mass is 16.5. The second-order valence-corrected chi connectivity index (χ2v) is 6.82. The first kappa shape index (κ1) is 19.0. The first-order chi connectivity index (χ1) is 13.1. The van der Waals surface area contributed by atoms with E-state index in [1.807, 2.05) is 32.0 Å².